The van der Waals surface area contributed by atoms with Gasteiger partial charge in [0.1, 0.15) is 5.75 Å². The molecule has 0 radical (unpaired) electrons. The highest BCUT2D eigenvalue weighted by atomic mass is 79.9. The topological polar surface area (TPSA) is 78.6 Å². The van der Waals surface area contributed by atoms with Crippen LogP contribution in [0, 0.1) is 0 Å². The first kappa shape index (κ1) is 16.2. The Hall–Kier alpha value is -1.18. The second-order valence-corrected chi connectivity index (χ2v) is 6.59. The first-order valence-corrected chi connectivity index (χ1v) is 7.96. The van der Waals surface area contributed by atoms with E-state index < -0.39 is 0 Å². The number of phenols is 1. The Balaban J connectivity index is 1.90. The molecule has 0 spiro atoms. The van der Waals surface area contributed by atoms with Crippen LogP contribution in [-0.2, 0) is 0 Å². The largest absolute Gasteiger partial charge is 0.507 e. The van der Waals surface area contributed by atoms with Crippen LogP contribution >= 0.6 is 28.1 Å². The number of hydrogen-bond acceptors (Lipinski definition) is 4. The smallest absolute Gasteiger partial charge is 0.255 e. The summed E-state index contributed by atoms with van der Waals surface area (Å²) in [4.78, 5) is 14.9. The summed E-state index contributed by atoms with van der Waals surface area (Å²) < 4.78 is 0.761. The van der Waals surface area contributed by atoms with Gasteiger partial charge in [0.2, 0.25) is 0 Å². The van der Waals surface area contributed by atoms with Gasteiger partial charge in [-0.25, -0.2) is 0 Å². The third-order valence-corrected chi connectivity index (χ3v) is 4.13. The average Bonchev–Trinajstić information content (AvgIpc) is 2.43. The Morgan fingerprint density at radius 1 is 1.48 bits per heavy atom. The molecule has 1 heterocycles. The fraction of sp³-hybridized carbons (Fsp3) is 0.429. The molecule has 7 heteroatoms. The maximum absolute atomic E-state index is 12.2. The van der Waals surface area contributed by atoms with E-state index in [0.717, 1.165) is 30.4 Å². The molecule has 0 aliphatic carbocycles. The van der Waals surface area contributed by atoms with Crippen LogP contribution in [0.15, 0.2) is 22.7 Å². The molecule has 4 N–H and O–H groups in total. The molecule has 1 aliphatic rings. The molecule has 5 nitrogen and oxygen atoms in total. The number of nitrogens with zero attached hydrogens (tertiary/aromatic N) is 1. The van der Waals surface area contributed by atoms with E-state index in [1.165, 1.54) is 6.07 Å². The SMILES string of the molecule is NC(=S)CN1CCC(NC(=O)c2cc(Br)ccc2O)CC1. The molecule has 0 unspecified atom stereocenters. The van der Waals surface area contributed by atoms with E-state index in [-0.39, 0.29) is 23.3 Å². The standard InChI is InChI=1S/C14H18BrN3O2S/c15-9-1-2-12(19)11(7-9)14(20)17-10-3-5-18(6-4-10)8-13(16)21/h1-2,7,10,19H,3-6,8H2,(H2,16,21)(H,17,20). The minimum atomic E-state index is -0.249. The van der Waals surface area contributed by atoms with Gasteiger partial charge in [-0.2, -0.15) is 0 Å². The highest BCUT2D eigenvalue weighted by Crippen LogP contribution is 2.22. The number of nitrogens with two attached hydrogens (primary N) is 1. The number of amides is 1. The number of aromatic hydroxyl groups is 1. The van der Waals surface area contributed by atoms with Gasteiger partial charge in [0.25, 0.3) is 5.91 Å². The van der Waals surface area contributed by atoms with Crippen LogP contribution in [0.5, 0.6) is 5.75 Å². The van der Waals surface area contributed by atoms with Crippen molar-refractivity contribution in [2.75, 3.05) is 19.6 Å². The van der Waals surface area contributed by atoms with Gasteiger partial charge >= 0.3 is 0 Å². The maximum atomic E-state index is 12.2. The summed E-state index contributed by atoms with van der Waals surface area (Å²) in [6.07, 6.45) is 1.70. The van der Waals surface area contributed by atoms with E-state index in [1.54, 1.807) is 12.1 Å². The Labute approximate surface area is 137 Å². The van der Waals surface area contributed by atoms with Crippen LogP contribution in [0.1, 0.15) is 23.2 Å². The molecule has 0 saturated carbocycles. The zero-order valence-electron chi connectivity index (χ0n) is 11.5. The number of thiocarbonyl (C=S) groups is 1. The molecule has 1 fully saturated rings. The number of halogens is 1. The van der Waals surface area contributed by atoms with Gasteiger partial charge in [0, 0.05) is 30.1 Å². The van der Waals surface area contributed by atoms with Crippen molar-refractivity contribution in [3.63, 3.8) is 0 Å². The lowest BCUT2D eigenvalue weighted by molar-refractivity contribution is 0.0912. The summed E-state index contributed by atoms with van der Waals surface area (Å²) in [6.45, 7) is 2.34. The minimum absolute atomic E-state index is 0.0124. The van der Waals surface area contributed by atoms with Gasteiger partial charge < -0.3 is 16.2 Å². The van der Waals surface area contributed by atoms with Crippen molar-refractivity contribution in [2.24, 2.45) is 5.73 Å². The number of carbonyl (C=O) groups is 1. The number of piperidine rings is 1. The highest BCUT2D eigenvalue weighted by Gasteiger charge is 2.22. The van der Waals surface area contributed by atoms with Crippen molar-refractivity contribution in [3.8, 4) is 5.75 Å². The van der Waals surface area contributed by atoms with Crippen LogP contribution in [0.4, 0.5) is 0 Å². The van der Waals surface area contributed by atoms with E-state index in [9.17, 15) is 9.90 Å². The Bertz CT molecular complexity index is 545. The van der Waals surface area contributed by atoms with Crippen LogP contribution < -0.4 is 11.1 Å². The Morgan fingerprint density at radius 2 is 2.14 bits per heavy atom. The van der Waals surface area contributed by atoms with Crippen molar-refractivity contribution in [2.45, 2.75) is 18.9 Å². The van der Waals surface area contributed by atoms with Crippen LogP contribution in [0.2, 0.25) is 0 Å². The normalized spacial score (nSPS) is 16.6. The number of nitrogens with one attached hydrogen (secondary N) is 1. The van der Waals surface area contributed by atoms with Gasteiger partial charge in [-0.05, 0) is 31.0 Å². The van der Waals surface area contributed by atoms with Crippen molar-refractivity contribution in [3.05, 3.63) is 28.2 Å². The third-order valence-electron chi connectivity index (χ3n) is 3.51. The van der Waals surface area contributed by atoms with Gasteiger partial charge in [-0.3, -0.25) is 9.69 Å². The molecular weight excluding hydrogens is 354 g/mol. The molecule has 0 aromatic heterocycles. The Morgan fingerprint density at radius 3 is 2.76 bits per heavy atom. The number of rotatable bonds is 4. The molecule has 2 rings (SSSR count). The van der Waals surface area contributed by atoms with E-state index in [1.807, 2.05) is 0 Å². The fourth-order valence-corrected chi connectivity index (χ4v) is 2.95. The minimum Gasteiger partial charge on any atom is -0.507 e. The summed E-state index contributed by atoms with van der Waals surface area (Å²) in [7, 11) is 0. The summed E-state index contributed by atoms with van der Waals surface area (Å²) in [6, 6.07) is 4.93. The molecule has 1 aliphatic heterocycles. The van der Waals surface area contributed by atoms with E-state index >= 15 is 0 Å². The molecule has 1 amide bonds. The fourth-order valence-electron chi connectivity index (χ4n) is 2.41. The second-order valence-electron chi connectivity index (χ2n) is 5.15. The van der Waals surface area contributed by atoms with Gasteiger partial charge in [-0.15, -0.1) is 0 Å². The lowest BCUT2D eigenvalue weighted by Crippen LogP contribution is -2.46. The van der Waals surface area contributed by atoms with E-state index in [0.29, 0.717) is 11.5 Å². The van der Waals surface area contributed by atoms with Crippen molar-refractivity contribution in [1.82, 2.24) is 10.2 Å². The molecule has 0 atom stereocenters. The number of likely N-dealkylation sites (tertiary alicyclic amines) is 1. The summed E-state index contributed by atoms with van der Waals surface area (Å²) in [5, 5.41) is 12.7. The molecule has 1 aromatic carbocycles. The molecule has 1 aromatic rings. The van der Waals surface area contributed by atoms with Crippen molar-refractivity contribution >= 4 is 39.0 Å². The number of benzene rings is 1. The van der Waals surface area contributed by atoms with Crippen LogP contribution in [-0.4, -0.2) is 46.6 Å². The maximum Gasteiger partial charge on any atom is 0.255 e. The second kappa shape index (κ2) is 7.20. The molecule has 0 bridgehead atoms. The van der Waals surface area contributed by atoms with E-state index in [4.69, 9.17) is 18.0 Å². The zero-order valence-corrected chi connectivity index (χ0v) is 13.9. The summed E-state index contributed by atoms with van der Waals surface area (Å²) in [5.74, 6) is -0.261. The molecule has 1 saturated heterocycles. The summed E-state index contributed by atoms with van der Waals surface area (Å²) >= 11 is 8.20. The number of carbonyl (C=O) groups excluding carboxylic acids is 1. The first-order valence-electron chi connectivity index (χ1n) is 6.75. The highest BCUT2D eigenvalue weighted by molar-refractivity contribution is 9.10. The third kappa shape index (κ3) is 4.66. The van der Waals surface area contributed by atoms with Gasteiger partial charge in [-0.1, -0.05) is 28.1 Å². The summed E-state index contributed by atoms with van der Waals surface area (Å²) in [5.41, 5.74) is 5.82. The van der Waals surface area contributed by atoms with Crippen LogP contribution in [0.25, 0.3) is 0 Å². The van der Waals surface area contributed by atoms with Crippen LogP contribution in [0.3, 0.4) is 0 Å². The molecular formula is C14H18BrN3O2S. The van der Waals surface area contributed by atoms with Gasteiger partial charge in [0.15, 0.2) is 0 Å². The quantitative estimate of drug-likeness (QED) is 0.701. The lowest BCUT2D eigenvalue weighted by Gasteiger charge is -2.32. The predicted octanol–water partition coefficient (Wildman–Crippen LogP) is 1.63. The van der Waals surface area contributed by atoms with Crippen molar-refractivity contribution < 1.29 is 9.90 Å². The van der Waals surface area contributed by atoms with Gasteiger partial charge in [0.05, 0.1) is 10.6 Å². The number of phenolic OH excluding ortho intramolecular Hbond substituents is 1. The zero-order chi connectivity index (χ0) is 15.4. The predicted molar refractivity (Wildman–Crippen MR) is 89.5 cm³/mol. The monoisotopic (exact) mass is 371 g/mol. The van der Waals surface area contributed by atoms with E-state index in [2.05, 4.69) is 26.1 Å². The number of hydrogen-bond donors (Lipinski definition) is 3. The first-order chi connectivity index (χ1) is 9.95. The van der Waals surface area contributed by atoms with Crippen molar-refractivity contribution in [1.29, 1.82) is 0 Å². The lowest BCUT2D eigenvalue weighted by atomic mass is 10.0. The molecule has 21 heavy (non-hydrogen) atoms. The Kier molecular flexibility index (Phi) is 5.55. The molecule has 114 valence electrons. The average molecular weight is 372 g/mol.